The van der Waals surface area contributed by atoms with Gasteiger partial charge in [-0.05, 0) is 25.0 Å². The number of primary amides is 1. The van der Waals surface area contributed by atoms with Crippen molar-refractivity contribution in [2.75, 3.05) is 18.0 Å². The van der Waals surface area contributed by atoms with Crippen molar-refractivity contribution >= 4 is 11.7 Å². The standard InChI is InChI=1S/C12H14N4O/c1-8-2-3-11(15-10(8)6-13)16-5-4-9(7-16)12(14)17/h2-3,9H,4-5,7H2,1H3,(H2,14,17). The van der Waals surface area contributed by atoms with Gasteiger partial charge in [-0.1, -0.05) is 6.07 Å². The highest BCUT2D eigenvalue weighted by Crippen LogP contribution is 2.22. The normalized spacial score (nSPS) is 19.1. The Balaban J connectivity index is 2.20. The Morgan fingerprint density at radius 3 is 3.00 bits per heavy atom. The lowest BCUT2D eigenvalue weighted by Gasteiger charge is -2.17. The fourth-order valence-corrected chi connectivity index (χ4v) is 2.01. The van der Waals surface area contributed by atoms with E-state index in [0.29, 0.717) is 12.2 Å². The summed E-state index contributed by atoms with van der Waals surface area (Å²) in [5, 5.41) is 8.92. The van der Waals surface area contributed by atoms with Gasteiger partial charge in [0.15, 0.2) is 0 Å². The molecule has 0 aromatic carbocycles. The predicted molar refractivity (Wildman–Crippen MR) is 63.2 cm³/mol. The second kappa shape index (κ2) is 4.42. The fraction of sp³-hybridized carbons (Fsp3) is 0.417. The second-order valence-corrected chi connectivity index (χ2v) is 4.28. The van der Waals surface area contributed by atoms with Gasteiger partial charge in [0, 0.05) is 13.1 Å². The van der Waals surface area contributed by atoms with Crippen molar-refractivity contribution in [2.24, 2.45) is 11.7 Å². The molecule has 2 N–H and O–H groups in total. The number of aromatic nitrogens is 1. The first-order valence-electron chi connectivity index (χ1n) is 5.54. The summed E-state index contributed by atoms with van der Waals surface area (Å²) in [6.45, 7) is 3.20. The van der Waals surface area contributed by atoms with Crippen LogP contribution in [0.1, 0.15) is 17.7 Å². The molecule has 88 valence electrons. The number of nitrogens with two attached hydrogens (primary N) is 1. The van der Waals surface area contributed by atoms with Crippen molar-refractivity contribution < 1.29 is 4.79 Å². The monoisotopic (exact) mass is 230 g/mol. The molecule has 0 bridgehead atoms. The van der Waals surface area contributed by atoms with Crippen LogP contribution in [0, 0.1) is 24.2 Å². The maximum Gasteiger partial charge on any atom is 0.222 e. The molecule has 1 saturated heterocycles. The average molecular weight is 230 g/mol. The molecular weight excluding hydrogens is 216 g/mol. The molecule has 17 heavy (non-hydrogen) atoms. The summed E-state index contributed by atoms with van der Waals surface area (Å²) >= 11 is 0. The van der Waals surface area contributed by atoms with Crippen molar-refractivity contribution in [2.45, 2.75) is 13.3 Å². The van der Waals surface area contributed by atoms with E-state index in [2.05, 4.69) is 11.1 Å². The number of nitrogens with zero attached hydrogens (tertiary/aromatic N) is 3. The molecule has 5 nitrogen and oxygen atoms in total. The van der Waals surface area contributed by atoms with Crippen molar-refractivity contribution in [3.8, 4) is 6.07 Å². The third kappa shape index (κ3) is 2.21. The van der Waals surface area contributed by atoms with Gasteiger partial charge in [-0.25, -0.2) is 4.98 Å². The average Bonchev–Trinajstić information content (AvgIpc) is 2.79. The van der Waals surface area contributed by atoms with Gasteiger partial charge in [0.05, 0.1) is 5.92 Å². The largest absolute Gasteiger partial charge is 0.369 e. The molecule has 1 fully saturated rings. The second-order valence-electron chi connectivity index (χ2n) is 4.28. The Hall–Kier alpha value is -2.09. The number of carbonyl (C=O) groups excluding carboxylic acids is 1. The van der Waals surface area contributed by atoms with Crippen LogP contribution in [0.3, 0.4) is 0 Å². The first kappa shape index (κ1) is 11.4. The molecule has 1 aliphatic heterocycles. The Morgan fingerprint density at radius 2 is 2.41 bits per heavy atom. The number of amides is 1. The van der Waals surface area contributed by atoms with E-state index >= 15 is 0 Å². The maximum absolute atomic E-state index is 11.1. The summed E-state index contributed by atoms with van der Waals surface area (Å²) < 4.78 is 0. The van der Waals surface area contributed by atoms with Crippen molar-refractivity contribution in [3.05, 3.63) is 23.4 Å². The number of hydrogen-bond donors (Lipinski definition) is 1. The van der Waals surface area contributed by atoms with Gasteiger partial charge in [0.1, 0.15) is 17.6 Å². The SMILES string of the molecule is Cc1ccc(N2CCC(C(N)=O)C2)nc1C#N. The molecule has 0 aliphatic carbocycles. The van der Waals surface area contributed by atoms with Crippen LogP contribution in [0.25, 0.3) is 0 Å². The lowest BCUT2D eigenvalue weighted by atomic mass is 10.1. The molecule has 1 aliphatic rings. The number of rotatable bonds is 2. The molecule has 1 amide bonds. The molecule has 1 unspecified atom stereocenters. The Morgan fingerprint density at radius 1 is 1.65 bits per heavy atom. The zero-order valence-electron chi connectivity index (χ0n) is 9.68. The van der Waals surface area contributed by atoms with Gasteiger partial charge in [-0.2, -0.15) is 5.26 Å². The Kier molecular flexibility index (Phi) is 2.96. The van der Waals surface area contributed by atoms with Crippen LogP contribution in [0.4, 0.5) is 5.82 Å². The van der Waals surface area contributed by atoms with Gasteiger partial charge in [-0.15, -0.1) is 0 Å². The summed E-state index contributed by atoms with van der Waals surface area (Å²) in [4.78, 5) is 17.4. The number of anilines is 1. The highest BCUT2D eigenvalue weighted by Gasteiger charge is 2.27. The van der Waals surface area contributed by atoms with Crippen molar-refractivity contribution in [1.82, 2.24) is 4.98 Å². The van der Waals surface area contributed by atoms with Crippen LogP contribution < -0.4 is 10.6 Å². The molecule has 5 heteroatoms. The van der Waals surface area contributed by atoms with E-state index in [4.69, 9.17) is 11.0 Å². The van der Waals surface area contributed by atoms with E-state index in [0.717, 1.165) is 24.3 Å². The number of hydrogen-bond acceptors (Lipinski definition) is 4. The van der Waals surface area contributed by atoms with Gasteiger partial charge in [-0.3, -0.25) is 4.79 Å². The highest BCUT2D eigenvalue weighted by atomic mass is 16.1. The van der Waals surface area contributed by atoms with Gasteiger partial charge >= 0.3 is 0 Å². The molecule has 0 saturated carbocycles. The minimum Gasteiger partial charge on any atom is -0.369 e. The summed E-state index contributed by atoms with van der Waals surface area (Å²) in [6, 6.07) is 5.81. The van der Waals surface area contributed by atoms with Crippen molar-refractivity contribution in [3.63, 3.8) is 0 Å². The minimum absolute atomic E-state index is 0.108. The fourth-order valence-electron chi connectivity index (χ4n) is 2.01. The number of nitriles is 1. The summed E-state index contributed by atoms with van der Waals surface area (Å²) in [7, 11) is 0. The zero-order chi connectivity index (χ0) is 12.4. The Bertz CT molecular complexity index is 492. The molecule has 1 atom stereocenters. The van der Waals surface area contributed by atoms with Gasteiger partial charge in [0.2, 0.25) is 5.91 Å². The highest BCUT2D eigenvalue weighted by molar-refractivity contribution is 5.78. The topological polar surface area (TPSA) is 83.0 Å². The van der Waals surface area contributed by atoms with E-state index in [1.165, 1.54) is 0 Å². The smallest absolute Gasteiger partial charge is 0.222 e. The van der Waals surface area contributed by atoms with E-state index in [-0.39, 0.29) is 11.8 Å². The molecular formula is C12H14N4O. The van der Waals surface area contributed by atoms with E-state index in [9.17, 15) is 4.79 Å². The molecule has 0 spiro atoms. The van der Waals surface area contributed by atoms with Crippen LogP contribution >= 0.6 is 0 Å². The van der Waals surface area contributed by atoms with Gasteiger partial charge in [0.25, 0.3) is 0 Å². The quantitative estimate of drug-likeness (QED) is 0.805. The third-order valence-electron chi connectivity index (χ3n) is 3.10. The molecule has 2 heterocycles. The Labute approximate surface area is 99.9 Å². The summed E-state index contributed by atoms with van der Waals surface area (Å²) in [5.74, 6) is 0.375. The van der Waals surface area contributed by atoms with Crippen molar-refractivity contribution in [1.29, 1.82) is 5.26 Å². The van der Waals surface area contributed by atoms with Crippen LogP contribution in [0.2, 0.25) is 0 Å². The lowest BCUT2D eigenvalue weighted by Crippen LogP contribution is -2.27. The number of aryl methyl sites for hydroxylation is 1. The van der Waals surface area contributed by atoms with Crippen LogP contribution in [-0.4, -0.2) is 24.0 Å². The third-order valence-corrected chi connectivity index (χ3v) is 3.10. The minimum atomic E-state index is -0.264. The van der Waals surface area contributed by atoms with E-state index in [1.807, 2.05) is 24.0 Å². The first-order valence-corrected chi connectivity index (χ1v) is 5.54. The van der Waals surface area contributed by atoms with Crippen LogP contribution in [-0.2, 0) is 4.79 Å². The molecule has 1 aromatic heterocycles. The molecule has 2 rings (SSSR count). The first-order chi connectivity index (χ1) is 8.11. The summed E-state index contributed by atoms with van der Waals surface area (Å²) in [6.07, 6.45) is 0.757. The molecule has 0 radical (unpaired) electrons. The molecule has 1 aromatic rings. The van der Waals surface area contributed by atoms with E-state index < -0.39 is 0 Å². The van der Waals surface area contributed by atoms with Crippen LogP contribution in [0.15, 0.2) is 12.1 Å². The lowest BCUT2D eigenvalue weighted by molar-refractivity contribution is -0.121. The number of carbonyl (C=O) groups is 1. The zero-order valence-corrected chi connectivity index (χ0v) is 9.68. The maximum atomic E-state index is 11.1. The van der Waals surface area contributed by atoms with E-state index in [1.54, 1.807) is 0 Å². The van der Waals surface area contributed by atoms with Gasteiger partial charge < -0.3 is 10.6 Å². The number of pyridine rings is 1. The summed E-state index contributed by atoms with van der Waals surface area (Å²) in [5.41, 5.74) is 6.58. The predicted octanol–water partition coefficient (Wildman–Crippen LogP) is 0.573. The van der Waals surface area contributed by atoms with Crippen LogP contribution in [0.5, 0.6) is 0 Å².